The molecule has 1 aliphatic heterocycles. The van der Waals surface area contributed by atoms with E-state index in [1.165, 1.54) is 0 Å². The van der Waals surface area contributed by atoms with Crippen molar-refractivity contribution in [3.05, 3.63) is 72.3 Å². The van der Waals surface area contributed by atoms with Crippen molar-refractivity contribution in [3.63, 3.8) is 0 Å². The predicted molar refractivity (Wildman–Crippen MR) is 80.5 cm³/mol. The molecule has 0 saturated heterocycles. The lowest BCUT2D eigenvalue weighted by Crippen LogP contribution is -2.41. The smallest absolute Gasteiger partial charge is 0.268 e. The quantitative estimate of drug-likeness (QED) is 0.846. The zero-order valence-corrected chi connectivity index (χ0v) is 11.4. The van der Waals surface area contributed by atoms with Crippen LogP contribution in [0.5, 0.6) is 0 Å². The van der Waals surface area contributed by atoms with Gasteiger partial charge in [-0.05, 0) is 31.2 Å². The Labute approximate surface area is 118 Å². The van der Waals surface area contributed by atoms with Gasteiger partial charge < -0.3 is 0 Å². The summed E-state index contributed by atoms with van der Waals surface area (Å²) in [5.74, 6) is 0.0534. The Morgan fingerprint density at radius 3 is 1.80 bits per heavy atom. The maximum atomic E-state index is 12.3. The van der Waals surface area contributed by atoms with Gasteiger partial charge in [-0.25, -0.2) is 5.01 Å². The minimum Gasteiger partial charge on any atom is -0.268 e. The van der Waals surface area contributed by atoms with Gasteiger partial charge in [0.1, 0.15) is 0 Å². The van der Waals surface area contributed by atoms with Gasteiger partial charge in [0, 0.05) is 5.57 Å². The average Bonchev–Trinajstić information content (AvgIpc) is 2.82. The Morgan fingerprint density at radius 2 is 1.40 bits per heavy atom. The van der Waals surface area contributed by atoms with E-state index in [1.54, 1.807) is 5.01 Å². The van der Waals surface area contributed by atoms with Crippen LogP contribution in [0.15, 0.2) is 72.3 Å². The van der Waals surface area contributed by atoms with Gasteiger partial charge in [0.05, 0.1) is 17.9 Å². The lowest BCUT2D eigenvalue weighted by Gasteiger charge is -2.33. The molecule has 100 valence electrons. The molecule has 0 fully saturated rings. The maximum Gasteiger partial charge on any atom is 0.268 e. The first kappa shape index (κ1) is 12.5. The second-order valence-electron chi connectivity index (χ2n) is 4.76. The van der Waals surface area contributed by atoms with Crippen molar-refractivity contribution in [1.82, 2.24) is 5.01 Å². The summed E-state index contributed by atoms with van der Waals surface area (Å²) >= 11 is 0. The Morgan fingerprint density at radius 1 is 0.900 bits per heavy atom. The van der Waals surface area contributed by atoms with Crippen LogP contribution < -0.4 is 5.01 Å². The first-order valence-electron chi connectivity index (χ1n) is 6.66. The highest BCUT2D eigenvalue weighted by Gasteiger charge is 2.27. The summed E-state index contributed by atoms with van der Waals surface area (Å²) < 4.78 is 0. The lowest BCUT2D eigenvalue weighted by atomic mass is 10.2. The van der Waals surface area contributed by atoms with E-state index in [1.807, 2.05) is 78.7 Å². The molecule has 0 aromatic heterocycles. The molecule has 3 nitrogen and oxygen atoms in total. The maximum absolute atomic E-state index is 12.3. The number of para-hydroxylation sites is 2. The molecule has 3 heteroatoms. The van der Waals surface area contributed by atoms with Crippen LogP contribution in [0.3, 0.4) is 0 Å². The number of carbonyl (C=O) groups excluding carboxylic acids is 1. The number of hydrazine groups is 1. The zero-order chi connectivity index (χ0) is 13.9. The largest absolute Gasteiger partial charge is 0.268 e. The van der Waals surface area contributed by atoms with Crippen LogP contribution in [0, 0.1) is 0 Å². The number of carbonyl (C=O) groups is 1. The van der Waals surface area contributed by atoms with E-state index >= 15 is 0 Å². The van der Waals surface area contributed by atoms with Crippen molar-refractivity contribution < 1.29 is 4.79 Å². The van der Waals surface area contributed by atoms with E-state index in [-0.39, 0.29) is 5.91 Å². The van der Waals surface area contributed by atoms with Gasteiger partial charge in [-0.1, -0.05) is 42.5 Å². The fourth-order valence-corrected chi connectivity index (χ4v) is 2.34. The van der Waals surface area contributed by atoms with Gasteiger partial charge in [0.15, 0.2) is 0 Å². The summed E-state index contributed by atoms with van der Waals surface area (Å²) in [4.78, 5) is 12.3. The number of amides is 1. The van der Waals surface area contributed by atoms with E-state index in [2.05, 4.69) is 0 Å². The molecule has 2 aromatic carbocycles. The first-order chi connectivity index (χ1) is 9.77. The SMILES string of the molecule is CC1=CCN(N(c2ccccc2)c2ccccc2)C1=O. The third-order valence-electron chi connectivity index (χ3n) is 3.39. The van der Waals surface area contributed by atoms with Crippen molar-refractivity contribution in [2.75, 3.05) is 11.6 Å². The molecule has 0 aliphatic carbocycles. The van der Waals surface area contributed by atoms with E-state index in [0.717, 1.165) is 16.9 Å². The summed E-state index contributed by atoms with van der Waals surface area (Å²) in [6.07, 6.45) is 1.96. The summed E-state index contributed by atoms with van der Waals surface area (Å²) in [5, 5.41) is 3.73. The predicted octanol–water partition coefficient (Wildman–Crippen LogP) is 3.53. The molecule has 20 heavy (non-hydrogen) atoms. The van der Waals surface area contributed by atoms with Crippen LogP contribution in [-0.4, -0.2) is 17.5 Å². The third kappa shape index (κ3) is 2.18. The summed E-state index contributed by atoms with van der Waals surface area (Å²) in [5.41, 5.74) is 2.76. The highest BCUT2D eigenvalue weighted by molar-refractivity contribution is 5.97. The molecular weight excluding hydrogens is 248 g/mol. The molecule has 0 unspecified atom stereocenters. The fourth-order valence-electron chi connectivity index (χ4n) is 2.34. The highest BCUT2D eigenvalue weighted by atomic mass is 16.2. The second-order valence-corrected chi connectivity index (χ2v) is 4.76. The Kier molecular flexibility index (Phi) is 3.25. The van der Waals surface area contributed by atoms with Gasteiger partial charge in [0.25, 0.3) is 5.91 Å². The standard InChI is InChI=1S/C17H16N2O/c1-14-12-13-18(17(14)20)19(15-8-4-2-5-9-15)16-10-6-3-7-11-16/h2-12H,13H2,1H3. The van der Waals surface area contributed by atoms with Crippen LogP contribution in [0.4, 0.5) is 11.4 Å². The molecule has 0 N–H and O–H groups in total. The van der Waals surface area contributed by atoms with Crippen LogP contribution in [0.1, 0.15) is 6.92 Å². The molecule has 0 bridgehead atoms. The third-order valence-corrected chi connectivity index (χ3v) is 3.39. The molecule has 2 aromatic rings. The minimum absolute atomic E-state index is 0.0534. The van der Waals surface area contributed by atoms with Crippen molar-refractivity contribution >= 4 is 17.3 Å². The minimum atomic E-state index is 0.0534. The second kappa shape index (κ2) is 5.21. The van der Waals surface area contributed by atoms with E-state index in [4.69, 9.17) is 0 Å². The number of hydrogen-bond acceptors (Lipinski definition) is 2. The van der Waals surface area contributed by atoms with Crippen molar-refractivity contribution in [1.29, 1.82) is 0 Å². The average molecular weight is 264 g/mol. The normalized spacial score (nSPS) is 14.3. The molecule has 0 saturated carbocycles. The molecule has 1 heterocycles. The van der Waals surface area contributed by atoms with Gasteiger partial charge in [-0.3, -0.25) is 9.80 Å². The molecule has 0 atom stereocenters. The fraction of sp³-hybridized carbons (Fsp3) is 0.118. The monoisotopic (exact) mass is 264 g/mol. The number of anilines is 2. The van der Waals surface area contributed by atoms with Crippen molar-refractivity contribution in [2.45, 2.75) is 6.92 Å². The number of benzene rings is 2. The van der Waals surface area contributed by atoms with E-state index < -0.39 is 0 Å². The summed E-state index contributed by atoms with van der Waals surface area (Å²) in [7, 11) is 0. The summed E-state index contributed by atoms with van der Waals surface area (Å²) in [6, 6.07) is 19.9. The Hall–Kier alpha value is -2.55. The molecule has 1 amide bonds. The zero-order valence-electron chi connectivity index (χ0n) is 11.4. The van der Waals surface area contributed by atoms with Gasteiger partial charge >= 0.3 is 0 Å². The van der Waals surface area contributed by atoms with Gasteiger partial charge in [-0.2, -0.15) is 0 Å². The number of rotatable bonds is 3. The number of hydrogen-bond donors (Lipinski definition) is 0. The molecular formula is C17H16N2O. The highest BCUT2D eigenvalue weighted by Crippen LogP contribution is 2.29. The van der Waals surface area contributed by atoms with E-state index in [0.29, 0.717) is 6.54 Å². The molecule has 0 radical (unpaired) electrons. The van der Waals surface area contributed by atoms with Crippen LogP contribution in [0.25, 0.3) is 0 Å². The van der Waals surface area contributed by atoms with Crippen LogP contribution in [-0.2, 0) is 4.79 Å². The first-order valence-corrected chi connectivity index (χ1v) is 6.66. The van der Waals surface area contributed by atoms with E-state index in [9.17, 15) is 4.79 Å². The van der Waals surface area contributed by atoms with Gasteiger partial charge in [-0.15, -0.1) is 0 Å². The van der Waals surface area contributed by atoms with Crippen LogP contribution >= 0.6 is 0 Å². The molecule has 3 rings (SSSR count). The lowest BCUT2D eigenvalue weighted by molar-refractivity contribution is -0.125. The number of nitrogens with zero attached hydrogens (tertiary/aromatic N) is 2. The van der Waals surface area contributed by atoms with Gasteiger partial charge in [0.2, 0.25) is 0 Å². The Bertz CT molecular complexity index is 595. The van der Waals surface area contributed by atoms with Crippen molar-refractivity contribution in [3.8, 4) is 0 Å². The topological polar surface area (TPSA) is 23.6 Å². The molecule has 1 aliphatic rings. The Balaban J connectivity index is 2.04. The van der Waals surface area contributed by atoms with Crippen LogP contribution in [0.2, 0.25) is 0 Å². The molecule has 0 spiro atoms. The van der Waals surface area contributed by atoms with Crippen molar-refractivity contribution in [2.24, 2.45) is 0 Å². The summed E-state index contributed by atoms with van der Waals surface area (Å²) in [6.45, 7) is 2.46.